The Kier molecular flexibility index (Phi) is 4.14. The third-order valence-corrected chi connectivity index (χ3v) is 4.56. The molecule has 0 amide bonds. The van der Waals surface area contributed by atoms with Crippen molar-refractivity contribution in [1.82, 2.24) is 4.90 Å². The molecule has 26 heavy (non-hydrogen) atoms. The first kappa shape index (κ1) is 16.6. The average molecular weight is 353 g/mol. The van der Waals surface area contributed by atoms with Gasteiger partial charge in [-0.05, 0) is 29.8 Å². The molecule has 1 radical (unpaired) electrons. The molecule has 0 saturated carbocycles. The second kappa shape index (κ2) is 6.48. The van der Waals surface area contributed by atoms with Crippen LogP contribution in [0.2, 0.25) is 0 Å². The van der Waals surface area contributed by atoms with Gasteiger partial charge < -0.3 is 5.11 Å². The minimum absolute atomic E-state index is 0.0191. The fraction of sp³-hybridized carbons (Fsp3) is 0.150. The van der Waals surface area contributed by atoms with Crippen molar-refractivity contribution >= 4 is 17.2 Å². The van der Waals surface area contributed by atoms with E-state index in [2.05, 4.69) is 4.99 Å². The molecule has 0 fully saturated rings. The molecule has 0 spiro atoms. The Morgan fingerprint density at radius 2 is 2.04 bits per heavy atom. The van der Waals surface area contributed by atoms with Gasteiger partial charge in [0.25, 0.3) is 5.84 Å². The fourth-order valence-electron chi connectivity index (χ4n) is 3.16. The molecule has 2 aliphatic rings. The van der Waals surface area contributed by atoms with Gasteiger partial charge in [0, 0.05) is 36.5 Å². The van der Waals surface area contributed by atoms with Crippen LogP contribution >= 0.6 is 0 Å². The van der Waals surface area contributed by atoms with Crippen molar-refractivity contribution in [2.45, 2.75) is 13.5 Å². The third-order valence-electron chi connectivity index (χ3n) is 4.56. The number of hydrogen-bond donors (Lipinski definition) is 1. The van der Waals surface area contributed by atoms with Crippen molar-refractivity contribution in [2.75, 3.05) is 11.6 Å². The maximum atomic E-state index is 14.2. The molecule has 2 aromatic rings. The van der Waals surface area contributed by atoms with Gasteiger partial charge in [-0.3, -0.25) is 4.90 Å². The zero-order valence-electron chi connectivity index (χ0n) is 14.2. The number of aliphatic imine (C=N–C) groups is 1. The van der Waals surface area contributed by atoms with E-state index in [1.165, 1.54) is 12.1 Å². The summed E-state index contributed by atoms with van der Waals surface area (Å²) < 4.78 is 27.4. The number of rotatable bonds is 3. The van der Waals surface area contributed by atoms with Crippen LogP contribution in [-0.2, 0) is 6.61 Å². The van der Waals surface area contributed by atoms with Gasteiger partial charge in [0.05, 0.1) is 6.61 Å². The molecule has 0 atom stereocenters. The Hall–Kier alpha value is -2.83. The Morgan fingerprint density at radius 1 is 1.19 bits per heavy atom. The van der Waals surface area contributed by atoms with Crippen LogP contribution in [-0.4, -0.2) is 17.6 Å². The molecule has 2 aromatic carbocycles. The zero-order chi connectivity index (χ0) is 18.3. The summed E-state index contributed by atoms with van der Waals surface area (Å²) in [6.45, 7) is 2.37. The van der Waals surface area contributed by atoms with E-state index >= 15 is 0 Å². The number of aliphatic hydroxyl groups is 1. The fourth-order valence-corrected chi connectivity index (χ4v) is 3.16. The Labute approximate surface area is 150 Å². The first-order valence-electron chi connectivity index (χ1n) is 8.24. The van der Waals surface area contributed by atoms with Gasteiger partial charge in [0.1, 0.15) is 17.3 Å². The molecule has 1 N–H and O–H groups in total. The standard InChI is InChI=1S/C20H17F2N3O/c1-13-20(17-6-5-15(21)10-18(17)22)23-19-7-8-24(12-25(13)19)16-4-2-3-14(9-16)11-26/h2-10,26H,11-12H2,1H3/q+1. The lowest BCUT2D eigenvalue weighted by Crippen LogP contribution is -2.44. The molecule has 2 aliphatic heterocycles. The lowest BCUT2D eigenvalue weighted by atomic mass is 10.1. The molecule has 2 heterocycles. The van der Waals surface area contributed by atoms with Crippen LogP contribution < -0.4 is 9.80 Å². The van der Waals surface area contributed by atoms with Crippen molar-refractivity contribution < 1.29 is 13.9 Å². The van der Waals surface area contributed by atoms with E-state index in [0.717, 1.165) is 28.8 Å². The Morgan fingerprint density at radius 3 is 2.81 bits per heavy atom. The monoisotopic (exact) mass is 353 g/mol. The minimum Gasteiger partial charge on any atom is -0.392 e. The summed E-state index contributed by atoms with van der Waals surface area (Å²) in [6.07, 6.45) is 3.76. The van der Waals surface area contributed by atoms with Gasteiger partial charge in [-0.15, -0.1) is 0 Å². The van der Waals surface area contributed by atoms with Crippen molar-refractivity contribution in [3.63, 3.8) is 0 Å². The minimum atomic E-state index is -0.625. The Bertz CT molecular complexity index is 965. The molecule has 0 aromatic heterocycles. The van der Waals surface area contributed by atoms with Gasteiger partial charge >= 0.3 is 0 Å². The molecule has 0 bridgehead atoms. The number of aliphatic hydroxyl groups excluding tert-OH is 1. The predicted molar refractivity (Wildman–Crippen MR) is 97.4 cm³/mol. The number of hydrogen-bond acceptors (Lipinski definition) is 4. The normalized spacial score (nSPS) is 16.9. The number of amidine groups is 1. The highest BCUT2D eigenvalue weighted by Gasteiger charge is 2.39. The van der Waals surface area contributed by atoms with E-state index in [0.29, 0.717) is 12.4 Å². The van der Waals surface area contributed by atoms with Gasteiger partial charge in [0.15, 0.2) is 5.70 Å². The van der Waals surface area contributed by atoms with E-state index in [1.807, 2.05) is 53.3 Å². The lowest BCUT2D eigenvalue weighted by Gasteiger charge is -2.24. The molecular weight excluding hydrogens is 336 g/mol. The topological polar surface area (TPSA) is 41.7 Å². The van der Waals surface area contributed by atoms with E-state index in [1.54, 1.807) is 0 Å². The molecular formula is C20H17F2N3O+. The summed E-state index contributed by atoms with van der Waals surface area (Å²) in [4.78, 5) is 8.52. The van der Waals surface area contributed by atoms with E-state index in [-0.39, 0.29) is 12.2 Å². The number of nitrogens with zero attached hydrogens (tertiary/aromatic N) is 3. The van der Waals surface area contributed by atoms with Crippen LogP contribution in [0.1, 0.15) is 18.1 Å². The van der Waals surface area contributed by atoms with Crippen LogP contribution in [0, 0.1) is 11.6 Å². The van der Waals surface area contributed by atoms with Gasteiger partial charge in [-0.2, -0.15) is 4.99 Å². The number of allylic oxidation sites excluding steroid dienone is 1. The molecule has 131 valence electrons. The highest BCUT2D eigenvalue weighted by Crippen LogP contribution is 2.32. The highest BCUT2D eigenvalue weighted by atomic mass is 19.1. The van der Waals surface area contributed by atoms with Gasteiger partial charge in [-0.25, -0.2) is 8.78 Å². The first-order chi connectivity index (χ1) is 12.6. The summed E-state index contributed by atoms with van der Waals surface area (Å²) in [5.74, 6) is -0.515. The first-order valence-corrected chi connectivity index (χ1v) is 8.24. The maximum Gasteiger partial charge on any atom is 0.285 e. The molecule has 4 nitrogen and oxygen atoms in total. The Balaban J connectivity index is 1.66. The van der Waals surface area contributed by atoms with Crippen molar-refractivity contribution in [3.8, 4) is 0 Å². The van der Waals surface area contributed by atoms with Crippen LogP contribution in [0.4, 0.5) is 14.5 Å². The number of halogens is 2. The molecule has 0 unspecified atom stereocenters. The quantitative estimate of drug-likeness (QED) is 0.855. The summed E-state index contributed by atoms with van der Waals surface area (Å²) in [7, 11) is 0. The second-order valence-electron chi connectivity index (χ2n) is 6.21. The van der Waals surface area contributed by atoms with E-state index in [4.69, 9.17) is 0 Å². The molecule has 6 heteroatoms. The average Bonchev–Trinajstić information content (AvgIpc) is 2.98. The second-order valence-corrected chi connectivity index (χ2v) is 6.21. The smallest absolute Gasteiger partial charge is 0.285 e. The maximum absolute atomic E-state index is 14.2. The summed E-state index contributed by atoms with van der Waals surface area (Å²) in [5.41, 5.74) is 3.37. The van der Waals surface area contributed by atoms with Gasteiger partial charge in [0.2, 0.25) is 6.67 Å². The summed E-state index contributed by atoms with van der Waals surface area (Å²) in [5, 5.41) is 9.32. The predicted octanol–water partition coefficient (Wildman–Crippen LogP) is 3.69. The van der Waals surface area contributed by atoms with Crippen LogP contribution in [0.25, 0.3) is 5.70 Å². The lowest BCUT2D eigenvalue weighted by molar-refractivity contribution is 0.282. The van der Waals surface area contributed by atoms with Crippen molar-refractivity contribution in [3.05, 3.63) is 83.2 Å². The van der Waals surface area contributed by atoms with Crippen LogP contribution in [0.5, 0.6) is 0 Å². The number of fused-ring (bicyclic) bond motifs is 1. The van der Waals surface area contributed by atoms with E-state index < -0.39 is 11.6 Å². The zero-order valence-corrected chi connectivity index (χ0v) is 14.2. The van der Waals surface area contributed by atoms with Crippen molar-refractivity contribution in [1.29, 1.82) is 0 Å². The van der Waals surface area contributed by atoms with E-state index in [9.17, 15) is 13.9 Å². The molecule has 0 saturated heterocycles. The van der Waals surface area contributed by atoms with Crippen LogP contribution in [0.15, 0.2) is 65.4 Å². The largest absolute Gasteiger partial charge is 0.392 e. The van der Waals surface area contributed by atoms with Crippen molar-refractivity contribution in [2.24, 2.45) is 4.99 Å². The third kappa shape index (κ3) is 2.83. The summed E-state index contributed by atoms with van der Waals surface area (Å²) in [6, 6.07) is 11.2. The number of benzene rings is 2. The van der Waals surface area contributed by atoms with Crippen LogP contribution in [0.3, 0.4) is 0 Å². The molecule has 4 rings (SSSR count). The van der Waals surface area contributed by atoms with Gasteiger partial charge in [-0.1, -0.05) is 17.0 Å². The molecule has 0 aliphatic carbocycles. The highest BCUT2D eigenvalue weighted by molar-refractivity contribution is 6.05. The number of anilines is 1. The SMILES string of the molecule is CC1=C(c2ccc(F)cc2F)N=C2C=CN(c3cccc(CO)c3)C[N+]21. The summed E-state index contributed by atoms with van der Waals surface area (Å²) >= 11 is 0.